The molecule has 5 atom stereocenters. The molecule has 1 aliphatic rings. The summed E-state index contributed by atoms with van der Waals surface area (Å²) < 4.78 is 0. The number of aliphatic hydroxyl groups is 1. The van der Waals surface area contributed by atoms with Crippen molar-refractivity contribution in [1.29, 1.82) is 0 Å². The van der Waals surface area contributed by atoms with Crippen LogP contribution in [0.15, 0.2) is 60.7 Å². The van der Waals surface area contributed by atoms with Crippen molar-refractivity contribution in [2.45, 2.75) is 62.9 Å². The van der Waals surface area contributed by atoms with Gasteiger partial charge in [-0.05, 0) is 30.9 Å². The van der Waals surface area contributed by atoms with E-state index in [1.54, 1.807) is 48.5 Å². The van der Waals surface area contributed by atoms with Gasteiger partial charge in [0.25, 0.3) is 0 Å². The maximum atomic E-state index is 13.3. The molecule has 0 spiro atoms. The predicted octanol–water partition coefficient (Wildman–Crippen LogP) is 0.225. The van der Waals surface area contributed by atoms with Gasteiger partial charge in [-0.3, -0.25) is 14.4 Å². The van der Waals surface area contributed by atoms with E-state index in [4.69, 9.17) is 5.73 Å². The van der Waals surface area contributed by atoms with Crippen LogP contribution in [0.1, 0.15) is 30.9 Å². The number of nitrogens with two attached hydrogens (primary N) is 1. The number of carbonyl (C=O) groups excluding carboxylic acids is 3. The highest BCUT2D eigenvalue weighted by Gasteiger charge is 2.38. The van der Waals surface area contributed by atoms with Crippen LogP contribution in [0, 0.1) is 0 Å². The summed E-state index contributed by atoms with van der Waals surface area (Å²) in [5.74, 6) is -2.90. The molecule has 3 rings (SSSR count). The third kappa shape index (κ3) is 7.61. The Morgan fingerprint density at radius 3 is 2.00 bits per heavy atom. The number of aliphatic hydroxyl groups excluding tert-OH is 1. The molecule has 10 heteroatoms. The Kier molecular flexibility index (Phi) is 9.76. The summed E-state index contributed by atoms with van der Waals surface area (Å²) in [6.07, 6.45) is 0.0885. The largest absolute Gasteiger partial charge is 0.480 e. The van der Waals surface area contributed by atoms with Crippen LogP contribution < -0.4 is 16.4 Å². The lowest BCUT2D eigenvalue weighted by molar-refractivity contribution is -0.143. The zero-order chi connectivity index (χ0) is 26.9. The zero-order valence-electron chi connectivity index (χ0n) is 20.7. The Morgan fingerprint density at radius 1 is 0.946 bits per heavy atom. The normalized spacial score (nSPS) is 18.4. The van der Waals surface area contributed by atoms with Crippen LogP contribution in [0.5, 0.6) is 0 Å². The number of carbonyl (C=O) groups is 4. The third-order valence-corrected chi connectivity index (χ3v) is 6.46. The average molecular weight is 511 g/mol. The molecule has 5 unspecified atom stereocenters. The predicted molar refractivity (Wildman–Crippen MR) is 136 cm³/mol. The van der Waals surface area contributed by atoms with Gasteiger partial charge in [0, 0.05) is 19.4 Å². The molecule has 37 heavy (non-hydrogen) atoms. The number of carboxylic acid groups (broad SMARTS) is 1. The molecule has 1 aliphatic heterocycles. The van der Waals surface area contributed by atoms with Gasteiger partial charge < -0.3 is 31.5 Å². The summed E-state index contributed by atoms with van der Waals surface area (Å²) >= 11 is 0. The standard InChI is InChI=1S/C27H34N4O6/c1-17(32)23(28)26(35)31-14-8-13-22(31)25(34)29-20(15-18-9-4-2-5-10-18)24(33)30-21(27(36)37)16-19-11-6-3-7-12-19/h2-7,9-12,17,20-23,32H,8,13-16,28H2,1H3,(H,29,34)(H,30,33)(H,36,37). The lowest BCUT2D eigenvalue weighted by Crippen LogP contribution is -2.58. The smallest absolute Gasteiger partial charge is 0.326 e. The fourth-order valence-electron chi connectivity index (χ4n) is 4.35. The summed E-state index contributed by atoms with van der Waals surface area (Å²) in [5, 5.41) is 24.7. The van der Waals surface area contributed by atoms with Gasteiger partial charge in [0.2, 0.25) is 17.7 Å². The van der Waals surface area contributed by atoms with Gasteiger partial charge >= 0.3 is 5.97 Å². The average Bonchev–Trinajstić information content (AvgIpc) is 3.38. The number of benzene rings is 2. The molecule has 1 heterocycles. The molecular formula is C27H34N4O6. The fraction of sp³-hybridized carbons (Fsp3) is 0.407. The number of hydrogen-bond donors (Lipinski definition) is 5. The van der Waals surface area contributed by atoms with Crippen molar-refractivity contribution in [2.24, 2.45) is 5.73 Å². The Morgan fingerprint density at radius 2 is 1.49 bits per heavy atom. The molecule has 0 saturated carbocycles. The second-order valence-corrected chi connectivity index (χ2v) is 9.30. The minimum absolute atomic E-state index is 0.0794. The maximum Gasteiger partial charge on any atom is 0.326 e. The lowest BCUT2D eigenvalue weighted by atomic mass is 10.0. The van der Waals surface area contributed by atoms with Gasteiger partial charge in [-0.2, -0.15) is 0 Å². The van der Waals surface area contributed by atoms with Gasteiger partial charge in [-0.1, -0.05) is 60.7 Å². The van der Waals surface area contributed by atoms with E-state index in [2.05, 4.69) is 10.6 Å². The van der Waals surface area contributed by atoms with Crippen molar-refractivity contribution < 1.29 is 29.4 Å². The van der Waals surface area contributed by atoms with Crippen molar-refractivity contribution in [2.75, 3.05) is 6.54 Å². The van der Waals surface area contributed by atoms with Crippen molar-refractivity contribution >= 4 is 23.7 Å². The van der Waals surface area contributed by atoms with E-state index < -0.39 is 54.0 Å². The van der Waals surface area contributed by atoms with Crippen LogP contribution in [-0.2, 0) is 32.0 Å². The second-order valence-electron chi connectivity index (χ2n) is 9.30. The number of hydrogen-bond acceptors (Lipinski definition) is 6. The zero-order valence-corrected chi connectivity index (χ0v) is 20.7. The highest BCUT2D eigenvalue weighted by molar-refractivity contribution is 5.94. The Balaban J connectivity index is 1.77. The Labute approximate surface area is 215 Å². The van der Waals surface area contributed by atoms with E-state index in [1.807, 2.05) is 12.1 Å². The monoisotopic (exact) mass is 510 g/mol. The van der Waals surface area contributed by atoms with Crippen molar-refractivity contribution in [1.82, 2.24) is 15.5 Å². The summed E-state index contributed by atoms with van der Waals surface area (Å²) in [4.78, 5) is 52.5. The molecule has 0 aliphatic carbocycles. The molecule has 0 bridgehead atoms. The van der Waals surface area contributed by atoms with E-state index in [0.717, 1.165) is 11.1 Å². The molecule has 1 saturated heterocycles. The maximum absolute atomic E-state index is 13.3. The molecule has 0 aromatic heterocycles. The highest BCUT2D eigenvalue weighted by Crippen LogP contribution is 2.19. The number of aliphatic carboxylic acids is 1. The summed E-state index contributed by atoms with van der Waals surface area (Å²) in [6.45, 7) is 1.72. The number of nitrogens with zero attached hydrogens (tertiary/aromatic N) is 1. The summed E-state index contributed by atoms with van der Waals surface area (Å²) in [5.41, 5.74) is 7.32. The minimum Gasteiger partial charge on any atom is -0.480 e. The number of likely N-dealkylation sites (tertiary alicyclic amines) is 1. The van der Waals surface area contributed by atoms with Crippen molar-refractivity contribution in [3.8, 4) is 0 Å². The molecule has 2 aromatic rings. The van der Waals surface area contributed by atoms with Crippen molar-refractivity contribution in [3.05, 3.63) is 71.8 Å². The number of carboxylic acids is 1. The van der Waals surface area contributed by atoms with Crippen LogP contribution in [-0.4, -0.2) is 75.6 Å². The van der Waals surface area contributed by atoms with Gasteiger partial charge in [0.15, 0.2) is 0 Å². The first kappa shape index (κ1) is 27.8. The van der Waals surface area contributed by atoms with Crippen LogP contribution in [0.2, 0.25) is 0 Å². The first-order valence-electron chi connectivity index (χ1n) is 12.3. The molecule has 0 radical (unpaired) electrons. The van der Waals surface area contributed by atoms with Crippen LogP contribution >= 0.6 is 0 Å². The van der Waals surface area contributed by atoms with Gasteiger partial charge in [-0.25, -0.2) is 4.79 Å². The van der Waals surface area contributed by atoms with Gasteiger partial charge in [0.1, 0.15) is 24.2 Å². The SMILES string of the molecule is CC(O)C(N)C(=O)N1CCCC1C(=O)NC(Cc1ccccc1)C(=O)NC(Cc1ccccc1)C(=O)O. The van der Waals surface area contributed by atoms with Crippen LogP contribution in [0.4, 0.5) is 0 Å². The topological polar surface area (TPSA) is 162 Å². The molecule has 10 nitrogen and oxygen atoms in total. The molecule has 198 valence electrons. The van der Waals surface area contributed by atoms with Gasteiger partial charge in [0.05, 0.1) is 6.10 Å². The van der Waals surface area contributed by atoms with Crippen molar-refractivity contribution in [3.63, 3.8) is 0 Å². The number of nitrogens with one attached hydrogen (secondary N) is 2. The quantitative estimate of drug-likeness (QED) is 0.289. The number of rotatable bonds is 11. The van der Waals surface area contributed by atoms with Crippen LogP contribution in [0.3, 0.4) is 0 Å². The Hall–Kier alpha value is -3.76. The second kappa shape index (κ2) is 13.0. The first-order valence-corrected chi connectivity index (χ1v) is 12.3. The van der Waals surface area contributed by atoms with E-state index >= 15 is 0 Å². The summed E-state index contributed by atoms with van der Waals surface area (Å²) in [6, 6.07) is 13.7. The van der Waals surface area contributed by atoms with Crippen LogP contribution in [0.25, 0.3) is 0 Å². The molecule has 2 aromatic carbocycles. The fourth-order valence-corrected chi connectivity index (χ4v) is 4.35. The highest BCUT2D eigenvalue weighted by atomic mass is 16.4. The van der Waals surface area contributed by atoms with Gasteiger partial charge in [-0.15, -0.1) is 0 Å². The summed E-state index contributed by atoms with van der Waals surface area (Å²) in [7, 11) is 0. The third-order valence-electron chi connectivity index (χ3n) is 6.46. The lowest BCUT2D eigenvalue weighted by Gasteiger charge is -2.29. The molecule has 1 fully saturated rings. The number of amides is 3. The van der Waals surface area contributed by atoms with E-state index in [1.165, 1.54) is 11.8 Å². The molecular weight excluding hydrogens is 476 g/mol. The molecule has 3 amide bonds. The minimum atomic E-state index is -1.20. The van der Waals surface area contributed by atoms with E-state index in [9.17, 15) is 29.4 Å². The molecule has 6 N–H and O–H groups in total. The van der Waals surface area contributed by atoms with E-state index in [-0.39, 0.29) is 12.8 Å². The Bertz CT molecular complexity index is 1080. The van der Waals surface area contributed by atoms with E-state index in [0.29, 0.717) is 19.4 Å². The first-order chi connectivity index (χ1) is 17.7.